The van der Waals surface area contributed by atoms with E-state index < -0.39 is 0 Å². The highest BCUT2D eigenvalue weighted by atomic mass is 16.5. The molecule has 0 aromatic heterocycles. The highest BCUT2D eigenvalue weighted by Gasteiger charge is 2.31. The van der Waals surface area contributed by atoms with E-state index in [-0.39, 0.29) is 18.6 Å². The molecule has 0 saturated heterocycles. The van der Waals surface area contributed by atoms with Crippen molar-refractivity contribution in [3.8, 4) is 0 Å². The third kappa shape index (κ3) is 3.50. The summed E-state index contributed by atoms with van der Waals surface area (Å²) in [5.41, 5.74) is 0. The molecule has 0 aromatic carbocycles. The smallest absolute Gasteiger partial charge is 0.249 e. The summed E-state index contributed by atoms with van der Waals surface area (Å²) in [7, 11) is 0. The van der Waals surface area contributed by atoms with E-state index in [2.05, 4.69) is 6.58 Å². The SMILES string of the molecule is C=CCN(C(=O)COC(C)C)C1CC1. The second kappa shape index (κ2) is 5.15. The van der Waals surface area contributed by atoms with Crippen LogP contribution in [0, 0.1) is 0 Å². The summed E-state index contributed by atoms with van der Waals surface area (Å²) < 4.78 is 5.28. The van der Waals surface area contributed by atoms with Crippen LogP contribution in [-0.2, 0) is 9.53 Å². The monoisotopic (exact) mass is 197 g/mol. The fourth-order valence-corrected chi connectivity index (χ4v) is 1.30. The number of hydrogen-bond acceptors (Lipinski definition) is 2. The maximum Gasteiger partial charge on any atom is 0.249 e. The molecule has 14 heavy (non-hydrogen) atoms. The Morgan fingerprint density at radius 2 is 2.29 bits per heavy atom. The van der Waals surface area contributed by atoms with Crippen molar-refractivity contribution >= 4 is 5.91 Å². The molecule has 0 unspecified atom stereocenters. The van der Waals surface area contributed by atoms with E-state index in [9.17, 15) is 4.79 Å². The van der Waals surface area contributed by atoms with Gasteiger partial charge in [-0.15, -0.1) is 6.58 Å². The lowest BCUT2D eigenvalue weighted by molar-refractivity contribution is -0.137. The maximum atomic E-state index is 11.7. The van der Waals surface area contributed by atoms with Gasteiger partial charge in [0.25, 0.3) is 0 Å². The molecule has 3 heteroatoms. The molecule has 3 nitrogen and oxygen atoms in total. The van der Waals surface area contributed by atoms with Gasteiger partial charge in [-0.2, -0.15) is 0 Å². The number of amides is 1. The van der Waals surface area contributed by atoms with Crippen LogP contribution >= 0.6 is 0 Å². The van der Waals surface area contributed by atoms with Gasteiger partial charge >= 0.3 is 0 Å². The third-order valence-electron chi connectivity index (χ3n) is 2.17. The zero-order chi connectivity index (χ0) is 10.6. The lowest BCUT2D eigenvalue weighted by Crippen LogP contribution is -2.36. The molecule has 0 heterocycles. The van der Waals surface area contributed by atoms with E-state index in [4.69, 9.17) is 4.74 Å². The first-order valence-electron chi connectivity index (χ1n) is 5.17. The highest BCUT2D eigenvalue weighted by Crippen LogP contribution is 2.26. The molecule has 80 valence electrons. The minimum atomic E-state index is 0.0844. The maximum absolute atomic E-state index is 11.7. The van der Waals surface area contributed by atoms with E-state index in [1.807, 2.05) is 18.7 Å². The van der Waals surface area contributed by atoms with Crippen molar-refractivity contribution in [3.05, 3.63) is 12.7 Å². The Morgan fingerprint density at radius 3 is 2.71 bits per heavy atom. The first-order chi connectivity index (χ1) is 6.65. The Kier molecular flexibility index (Phi) is 4.14. The second-order valence-electron chi connectivity index (χ2n) is 3.93. The molecule has 1 aliphatic carbocycles. The van der Waals surface area contributed by atoms with E-state index in [0.717, 1.165) is 12.8 Å². The number of carbonyl (C=O) groups excluding carboxylic acids is 1. The minimum absolute atomic E-state index is 0.0844. The van der Waals surface area contributed by atoms with Crippen LogP contribution in [0.2, 0.25) is 0 Å². The lowest BCUT2D eigenvalue weighted by atomic mass is 10.4. The summed E-state index contributed by atoms with van der Waals surface area (Å²) in [6, 6.07) is 0.441. The zero-order valence-corrected chi connectivity index (χ0v) is 9.03. The molecule has 0 radical (unpaired) electrons. The number of ether oxygens (including phenoxy) is 1. The minimum Gasteiger partial charge on any atom is -0.369 e. The molecule has 1 amide bonds. The highest BCUT2D eigenvalue weighted by molar-refractivity contribution is 5.78. The van der Waals surface area contributed by atoms with Crippen molar-refractivity contribution in [2.24, 2.45) is 0 Å². The number of carbonyl (C=O) groups is 1. The van der Waals surface area contributed by atoms with Crippen LogP contribution in [-0.4, -0.2) is 36.1 Å². The van der Waals surface area contributed by atoms with E-state index >= 15 is 0 Å². The van der Waals surface area contributed by atoms with Gasteiger partial charge in [0.2, 0.25) is 5.91 Å². The summed E-state index contributed by atoms with van der Waals surface area (Å²) in [5, 5.41) is 0. The molecule has 0 N–H and O–H groups in total. The van der Waals surface area contributed by atoms with Crippen molar-refractivity contribution in [2.75, 3.05) is 13.2 Å². The van der Waals surface area contributed by atoms with Crippen molar-refractivity contribution in [3.63, 3.8) is 0 Å². The quantitative estimate of drug-likeness (QED) is 0.605. The van der Waals surface area contributed by atoms with Crippen LogP contribution in [0.25, 0.3) is 0 Å². The Balaban J connectivity index is 2.34. The molecule has 1 fully saturated rings. The summed E-state index contributed by atoms with van der Waals surface area (Å²) in [4.78, 5) is 13.5. The first-order valence-corrected chi connectivity index (χ1v) is 5.17. The molecule has 0 atom stereocenters. The molecular formula is C11H19NO2. The normalized spacial score (nSPS) is 15.6. The van der Waals surface area contributed by atoms with Gasteiger partial charge in [-0.05, 0) is 26.7 Å². The van der Waals surface area contributed by atoms with Crippen molar-refractivity contribution in [1.29, 1.82) is 0 Å². The van der Waals surface area contributed by atoms with E-state index in [1.54, 1.807) is 6.08 Å². The van der Waals surface area contributed by atoms with Gasteiger partial charge in [0, 0.05) is 12.6 Å². The number of hydrogen-bond donors (Lipinski definition) is 0. The zero-order valence-electron chi connectivity index (χ0n) is 9.03. The van der Waals surface area contributed by atoms with Crippen molar-refractivity contribution in [1.82, 2.24) is 4.90 Å². The number of nitrogens with zero attached hydrogens (tertiary/aromatic N) is 1. The van der Waals surface area contributed by atoms with Gasteiger partial charge in [0.05, 0.1) is 6.10 Å². The Hall–Kier alpha value is -0.830. The van der Waals surface area contributed by atoms with Gasteiger partial charge in [-0.25, -0.2) is 0 Å². The van der Waals surface area contributed by atoms with Gasteiger partial charge in [0.1, 0.15) is 6.61 Å². The topological polar surface area (TPSA) is 29.5 Å². The Labute approximate surface area is 85.7 Å². The summed E-state index contributed by atoms with van der Waals surface area (Å²) >= 11 is 0. The molecule has 0 spiro atoms. The molecule has 0 bridgehead atoms. The molecule has 1 rings (SSSR count). The fourth-order valence-electron chi connectivity index (χ4n) is 1.30. The van der Waals surface area contributed by atoms with Gasteiger partial charge in [0.15, 0.2) is 0 Å². The molecule has 1 saturated carbocycles. The fraction of sp³-hybridized carbons (Fsp3) is 0.727. The lowest BCUT2D eigenvalue weighted by Gasteiger charge is -2.21. The van der Waals surface area contributed by atoms with E-state index in [0.29, 0.717) is 12.6 Å². The van der Waals surface area contributed by atoms with Crippen molar-refractivity contribution in [2.45, 2.75) is 38.8 Å². The van der Waals surface area contributed by atoms with Gasteiger partial charge in [-0.3, -0.25) is 4.79 Å². The molecule has 0 aliphatic heterocycles. The van der Waals surface area contributed by atoms with Crippen LogP contribution in [0.1, 0.15) is 26.7 Å². The second-order valence-corrected chi connectivity index (χ2v) is 3.93. The van der Waals surface area contributed by atoms with E-state index in [1.165, 1.54) is 0 Å². The standard InChI is InChI=1S/C11H19NO2/c1-4-7-12(10-5-6-10)11(13)8-14-9(2)3/h4,9-10H,1,5-8H2,2-3H3. The van der Waals surface area contributed by atoms with Crippen molar-refractivity contribution < 1.29 is 9.53 Å². The molecular weight excluding hydrogens is 178 g/mol. The average Bonchev–Trinajstić information content (AvgIpc) is 2.93. The van der Waals surface area contributed by atoms with Crippen LogP contribution in [0.5, 0.6) is 0 Å². The van der Waals surface area contributed by atoms with Gasteiger partial charge < -0.3 is 9.64 Å². The summed E-state index contributed by atoms with van der Waals surface area (Å²) in [5.74, 6) is 0.0844. The Morgan fingerprint density at radius 1 is 1.64 bits per heavy atom. The van der Waals surface area contributed by atoms with Crippen LogP contribution < -0.4 is 0 Å². The summed E-state index contributed by atoms with van der Waals surface area (Å²) in [6.45, 7) is 8.36. The van der Waals surface area contributed by atoms with Crippen LogP contribution in [0.3, 0.4) is 0 Å². The molecule has 1 aliphatic rings. The third-order valence-corrected chi connectivity index (χ3v) is 2.17. The van der Waals surface area contributed by atoms with Crippen LogP contribution in [0.15, 0.2) is 12.7 Å². The van der Waals surface area contributed by atoms with Crippen LogP contribution in [0.4, 0.5) is 0 Å². The molecule has 0 aromatic rings. The van der Waals surface area contributed by atoms with Gasteiger partial charge in [-0.1, -0.05) is 6.08 Å². The largest absolute Gasteiger partial charge is 0.369 e. The summed E-state index contributed by atoms with van der Waals surface area (Å²) in [6.07, 6.45) is 4.14. The average molecular weight is 197 g/mol. The predicted octanol–water partition coefficient (Wildman–Crippen LogP) is 1.59. The first kappa shape index (κ1) is 11.2. The Bertz CT molecular complexity index is 209. The predicted molar refractivity (Wildman–Crippen MR) is 56.0 cm³/mol. The number of rotatable bonds is 6.